The Morgan fingerprint density at radius 3 is 2.62 bits per heavy atom. The molecule has 0 aromatic carbocycles. The predicted octanol–water partition coefficient (Wildman–Crippen LogP) is 8.06. The summed E-state index contributed by atoms with van der Waals surface area (Å²) in [5, 5.41) is 3.75. The summed E-state index contributed by atoms with van der Waals surface area (Å²) in [6.07, 6.45) is 14.8. The summed E-state index contributed by atoms with van der Waals surface area (Å²) in [5.74, 6) is 0.547. The van der Waals surface area contributed by atoms with Gasteiger partial charge in [0.05, 0.1) is 16.8 Å². The number of hydrogen-bond donors (Lipinski definition) is 0. The molecule has 1 rings (SSSR count). The lowest BCUT2D eigenvalue weighted by Crippen LogP contribution is -2.19. The van der Waals surface area contributed by atoms with Gasteiger partial charge in [0.15, 0.2) is 0 Å². The van der Waals surface area contributed by atoms with Crippen molar-refractivity contribution in [3.05, 3.63) is 45.5 Å². The third-order valence-corrected chi connectivity index (χ3v) is 7.71. The van der Waals surface area contributed by atoms with Crippen LogP contribution in [0.4, 0.5) is 0 Å². The van der Waals surface area contributed by atoms with Crippen LogP contribution in [0.2, 0.25) is 0 Å². The topological polar surface area (TPSA) is 39.2 Å². The van der Waals surface area contributed by atoms with Gasteiger partial charge in [-0.25, -0.2) is 4.98 Å². The van der Waals surface area contributed by atoms with Crippen LogP contribution in [0.25, 0.3) is 6.08 Å². The average molecular weight is 478 g/mol. The highest BCUT2D eigenvalue weighted by Gasteiger charge is 2.22. The molecule has 0 spiro atoms. The fraction of sp³-hybridized carbons (Fsp3) is 0.630. The van der Waals surface area contributed by atoms with Crippen LogP contribution in [-0.4, -0.2) is 34.5 Å². The normalized spacial score (nSPS) is 16.4. The van der Waals surface area contributed by atoms with Crippen LogP contribution in [0.1, 0.15) is 84.3 Å². The zero-order valence-electron chi connectivity index (χ0n) is 21.3. The molecule has 5 heteroatoms. The van der Waals surface area contributed by atoms with E-state index in [2.05, 4.69) is 76.2 Å². The SMILES string of the molecule is CO[C@@H](C/C=C(/C)C/C=C\C(C)CC(C)SC(C)(C)CCC=O)/C(C)=C/c1csc(C)n1. The molecule has 0 aliphatic rings. The third-order valence-electron chi connectivity index (χ3n) is 5.48. The first-order valence-corrected chi connectivity index (χ1v) is 13.4. The first kappa shape index (κ1) is 28.9. The van der Waals surface area contributed by atoms with E-state index in [1.54, 1.807) is 18.4 Å². The van der Waals surface area contributed by atoms with Crippen LogP contribution in [0.3, 0.4) is 0 Å². The molecule has 0 aliphatic carbocycles. The number of carbonyl (C=O) groups excluding carboxylic acids is 1. The van der Waals surface area contributed by atoms with Gasteiger partial charge in [0.2, 0.25) is 0 Å². The monoisotopic (exact) mass is 477 g/mol. The highest BCUT2D eigenvalue weighted by molar-refractivity contribution is 8.01. The Hall–Kier alpha value is -1.17. The predicted molar refractivity (Wildman–Crippen MR) is 144 cm³/mol. The Morgan fingerprint density at radius 2 is 2.03 bits per heavy atom. The Morgan fingerprint density at radius 1 is 1.31 bits per heavy atom. The number of aromatic nitrogens is 1. The molecule has 0 N–H and O–H groups in total. The van der Waals surface area contributed by atoms with E-state index in [1.165, 1.54) is 11.1 Å². The van der Waals surface area contributed by atoms with Crippen molar-refractivity contribution in [1.82, 2.24) is 4.98 Å². The van der Waals surface area contributed by atoms with Gasteiger partial charge in [0.25, 0.3) is 0 Å². The summed E-state index contributed by atoms with van der Waals surface area (Å²) in [4.78, 5) is 15.2. The Labute approximate surface area is 204 Å². The largest absolute Gasteiger partial charge is 0.377 e. The van der Waals surface area contributed by atoms with Gasteiger partial charge in [-0.1, -0.05) is 51.5 Å². The van der Waals surface area contributed by atoms with E-state index in [9.17, 15) is 4.79 Å². The summed E-state index contributed by atoms with van der Waals surface area (Å²) in [6, 6.07) is 0. The molecular weight excluding hydrogens is 434 g/mol. The van der Waals surface area contributed by atoms with Crippen molar-refractivity contribution in [2.45, 2.75) is 96.7 Å². The van der Waals surface area contributed by atoms with E-state index in [-0.39, 0.29) is 10.9 Å². The lowest BCUT2D eigenvalue weighted by atomic mass is 10.0. The summed E-state index contributed by atoms with van der Waals surface area (Å²) in [6.45, 7) is 15.4. The van der Waals surface area contributed by atoms with Gasteiger partial charge in [0.1, 0.15) is 6.29 Å². The Balaban J connectivity index is 2.49. The van der Waals surface area contributed by atoms with E-state index in [1.807, 2.05) is 18.7 Å². The molecule has 0 saturated heterocycles. The molecule has 0 radical (unpaired) electrons. The highest BCUT2D eigenvalue weighted by Crippen LogP contribution is 2.35. The molecular formula is C27H43NO2S2. The lowest BCUT2D eigenvalue weighted by molar-refractivity contribution is -0.108. The fourth-order valence-corrected chi connectivity index (χ4v) is 6.07. The quantitative estimate of drug-likeness (QED) is 0.189. The molecule has 1 heterocycles. The number of methoxy groups -OCH3 is 1. The van der Waals surface area contributed by atoms with Crippen LogP contribution in [-0.2, 0) is 9.53 Å². The maximum absolute atomic E-state index is 10.7. The van der Waals surface area contributed by atoms with Gasteiger partial charge in [-0.3, -0.25) is 0 Å². The molecule has 1 aromatic rings. The molecule has 32 heavy (non-hydrogen) atoms. The summed E-state index contributed by atoms with van der Waals surface area (Å²) in [5.41, 5.74) is 3.59. The summed E-state index contributed by atoms with van der Waals surface area (Å²) >= 11 is 3.68. The summed E-state index contributed by atoms with van der Waals surface area (Å²) < 4.78 is 5.87. The number of hydrogen-bond acceptors (Lipinski definition) is 5. The number of allylic oxidation sites excluding steroid dienone is 3. The Bertz CT molecular complexity index is 776. The maximum Gasteiger partial charge on any atom is 0.120 e. The molecule has 0 amide bonds. The van der Waals surface area contributed by atoms with Crippen LogP contribution in [0.5, 0.6) is 0 Å². The van der Waals surface area contributed by atoms with Crippen molar-refractivity contribution in [1.29, 1.82) is 0 Å². The highest BCUT2D eigenvalue weighted by atomic mass is 32.2. The maximum atomic E-state index is 10.7. The molecule has 0 saturated carbocycles. The van der Waals surface area contributed by atoms with Gasteiger partial charge in [-0.15, -0.1) is 11.3 Å². The standard InChI is InChI=1S/C27H43NO2S2/c1-20(13-14-26(30-8)22(3)18-25-19-31-24(5)28-25)11-9-12-21(2)17-23(4)32-27(6,7)15-10-16-29/h9,12-13,16,18-19,21,23,26H,10-11,14-15,17H2,1-8H3/b12-9-,20-13-,22-18+/t21?,23?,26-/m0/s1. The van der Waals surface area contributed by atoms with E-state index >= 15 is 0 Å². The molecule has 0 aliphatic heterocycles. The van der Waals surface area contributed by atoms with Gasteiger partial charge in [0, 0.05) is 28.9 Å². The van der Waals surface area contributed by atoms with Crippen molar-refractivity contribution in [2.75, 3.05) is 7.11 Å². The fourth-order valence-electron chi connectivity index (χ4n) is 3.78. The molecule has 3 nitrogen and oxygen atoms in total. The smallest absolute Gasteiger partial charge is 0.120 e. The zero-order valence-corrected chi connectivity index (χ0v) is 22.9. The lowest BCUT2D eigenvalue weighted by Gasteiger charge is -2.28. The van der Waals surface area contributed by atoms with Crippen LogP contribution < -0.4 is 0 Å². The first-order chi connectivity index (χ1) is 15.1. The second-order valence-corrected chi connectivity index (χ2v) is 12.6. The third kappa shape index (κ3) is 12.2. The van der Waals surface area contributed by atoms with Crippen molar-refractivity contribution < 1.29 is 9.53 Å². The zero-order chi connectivity index (χ0) is 24.1. The van der Waals surface area contributed by atoms with E-state index in [0.717, 1.165) is 42.7 Å². The number of thioether (sulfide) groups is 1. The number of rotatable bonds is 15. The Kier molecular flexibility index (Phi) is 13.4. The van der Waals surface area contributed by atoms with Gasteiger partial charge >= 0.3 is 0 Å². The van der Waals surface area contributed by atoms with Gasteiger partial charge in [-0.2, -0.15) is 11.8 Å². The van der Waals surface area contributed by atoms with E-state index in [4.69, 9.17) is 4.74 Å². The number of aldehydes is 1. The second-order valence-electron chi connectivity index (χ2n) is 9.43. The number of carbonyl (C=O) groups is 1. The van der Waals surface area contributed by atoms with Crippen molar-refractivity contribution >= 4 is 35.5 Å². The minimum atomic E-state index is 0.0790. The van der Waals surface area contributed by atoms with Crippen LogP contribution >= 0.6 is 23.1 Å². The molecule has 3 atom stereocenters. The van der Waals surface area contributed by atoms with E-state index < -0.39 is 0 Å². The van der Waals surface area contributed by atoms with Gasteiger partial charge < -0.3 is 9.53 Å². The average Bonchev–Trinajstić information content (AvgIpc) is 3.10. The number of ether oxygens (including phenoxy) is 1. The minimum Gasteiger partial charge on any atom is -0.377 e. The number of aryl methyl sites for hydroxylation is 1. The van der Waals surface area contributed by atoms with Crippen LogP contribution in [0, 0.1) is 12.8 Å². The molecule has 0 fully saturated rings. The van der Waals surface area contributed by atoms with Crippen molar-refractivity contribution in [2.24, 2.45) is 5.92 Å². The second kappa shape index (κ2) is 14.9. The first-order valence-electron chi connectivity index (χ1n) is 11.6. The van der Waals surface area contributed by atoms with Crippen molar-refractivity contribution in [3.63, 3.8) is 0 Å². The molecule has 0 bridgehead atoms. The molecule has 1 aromatic heterocycles. The summed E-state index contributed by atoms with van der Waals surface area (Å²) in [7, 11) is 1.78. The van der Waals surface area contributed by atoms with E-state index in [0.29, 0.717) is 17.6 Å². The molecule has 2 unspecified atom stereocenters. The van der Waals surface area contributed by atoms with Gasteiger partial charge in [-0.05, 0) is 64.0 Å². The number of nitrogens with zero attached hydrogens (tertiary/aromatic N) is 1. The van der Waals surface area contributed by atoms with Crippen molar-refractivity contribution in [3.8, 4) is 0 Å². The number of thiazole rings is 1. The van der Waals surface area contributed by atoms with Crippen LogP contribution in [0.15, 0.2) is 34.8 Å². The molecule has 180 valence electrons. The minimum absolute atomic E-state index is 0.0790.